The SMILES string of the molecule is Cc1cc(C2CCCN2C(=O)NCCOc2cccc(Cl)c2)on1. The Morgan fingerprint density at radius 3 is 3.12 bits per heavy atom. The zero-order valence-corrected chi connectivity index (χ0v) is 14.3. The van der Waals surface area contributed by atoms with E-state index in [-0.39, 0.29) is 12.1 Å². The first kappa shape index (κ1) is 16.6. The lowest BCUT2D eigenvalue weighted by molar-refractivity contribution is 0.180. The first-order chi connectivity index (χ1) is 11.6. The van der Waals surface area contributed by atoms with Crippen molar-refractivity contribution in [2.24, 2.45) is 0 Å². The van der Waals surface area contributed by atoms with Crippen molar-refractivity contribution in [3.8, 4) is 5.75 Å². The van der Waals surface area contributed by atoms with Crippen LogP contribution in [0.5, 0.6) is 5.75 Å². The van der Waals surface area contributed by atoms with Crippen LogP contribution in [0.25, 0.3) is 0 Å². The smallest absolute Gasteiger partial charge is 0.318 e. The Bertz CT molecular complexity index is 704. The molecule has 2 aromatic rings. The van der Waals surface area contributed by atoms with Gasteiger partial charge in [0.15, 0.2) is 5.76 Å². The van der Waals surface area contributed by atoms with E-state index < -0.39 is 0 Å². The summed E-state index contributed by atoms with van der Waals surface area (Å²) in [4.78, 5) is 14.2. The van der Waals surface area contributed by atoms with Gasteiger partial charge in [0, 0.05) is 17.6 Å². The van der Waals surface area contributed by atoms with E-state index in [1.807, 2.05) is 25.1 Å². The molecule has 1 fully saturated rings. The summed E-state index contributed by atoms with van der Waals surface area (Å²) in [7, 11) is 0. The molecule has 1 saturated heterocycles. The van der Waals surface area contributed by atoms with Gasteiger partial charge in [0.1, 0.15) is 12.4 Å². The Labute approximate surface area is 145 Å². The van der Waals surface area contributed by atoms with Crippen molar-refractivity contribution in [2.75, 3.05) is 19.7 Å². The first-order valence-electron chi connectivity index (χ1n) is 7.99. The number of benzene rings is 1. The second kappa shape index (κ2) is 7.57. The third kappa shape index (κ3) is 4.00. The highest BCUT2D eigenvalue weighted by Crippen LogP contribution is 2.32. The lowest BCUT2D eigenvalue weighted by Gasteiger charge is -2.23. The molecular weight excluding hydrogens is 330 g/mol. The van der Waals surface area contributed by atoms with Crippen LogP contribution in [0.3, 0.4) is 0 Å². The van der Waals surface area contributed by atoms with Gasteiger partial charge in [-0.25, -0.2) is 4.79 Å². The van der Waals surface area contributed by atoms with E-state index in [0.717, 1.165) is 24.3 Å². The van der Waals surface area contributed by atoms with Gasteiger partial charge < -0.3 is 19.5 Å². The van der Waals surface area contributed by atoms with Crippen molar-refractivity contribution < 1.29 is 14.1 Å². The zero-order valence-electron chi connectivity index (χ0n) is 13.5. The number of carbonyl (C=O) groups is 1. The Hall–Kier alpha value is -2.21. The van der Waals surface area contributed by atoms with Gasteiger partial charge in [0.25, 0.3) is 0 Å². The van der Waals surface area contributed by atoms with Crippen molar-refractivity contribution in [1.82, 2.24) is 15.4 Å². The second-order valence-electron chi connectivity index (χ2n) is 5.76. The van der Waals surface area contributed by atoms with Crippen molar-refractivity contribution >= 4 is 17.6 Å². The van der Waals surface area contributed by atoms with E-state index in [9.17, 15) is 4.79 Å². The second-order valence-corrected chi connectivity index (χ2v) is 6.20. The fourth-order valence-corrected chi connectivity index (χ4v) is 3.01. The predicted molar refractivity (Wildman–Crippen MR) is 90.3 cm³/mol. The Balaban J connectivity index is 1.47. The van der Waals surface area contributed by atoms with Crippen LogP contribution in [0, 0.1) is 6.92 Å². The van der Waals surface area contributed by atoms with Crippen molar-refractivity contribution in [2.45, 2.75) is 25.8 Å². The van der Waals surface area contributed by atoms with Crippen LogP contribution in [-0.4, -0.2) is 35.8 Å². The molecular formula is C17H20ClN3O3. The van der Waals surface area contributed by atoms with E-state index in [1.54, 1.807) is 17.0 Å². The number of nitrogens with zero attached hydrogens (tertiary/aromatic N) is 2. The van der Waals surface area contributed by atoms with Crippen molar-refractivity contribution in [3.05, 3.63) is 46.8 Å². The van der Waals surface area contributed by atoms with Crippen molar-refractivity contribution in [3.63, 3.8) is 0 Å². The molecule has 7 heteroatoms. The molecule has 0 bridgehead atoms. The van der Waals surface area contributed by atoms with E-state index in [0.29, 0.717) is 30.5 Å². The molecule has 3 rings (SSSR count). The van der Waals surface area contributed by atoms with Crippen LogP contribution in [0.15, 0.2) is 34.9 Å². The highest BCUT2D eigenvalue weighted by atomic mass is 35.5. The molecule has 1 unspecified atom stereocenters. The van der Waals surface area contributed by atoms with Crippen LogP contribution < -0.4 is 10.1 Å². The van der Waals surface area contributed by atoms with Gasteiger partial charge in [0.2, 0.25) is 0 Å². The monoisotopic (exact) mass is 349 g/mol. The number of nitrogens with one attached hydrogen (secondary N) is 1. The number of carbonyl (C=O) groups excluding carboxylic acids is 1. The van der Waals surface area contributed by atoms with Gasteiger partial charge in [-0.2, -0.15) is 0 Å². The lowest BCUT2D eigenvalue weighted by Crippen LogP contribution is -2.41. The minimum absolute atomic E-state index is 0.0416. The maximum absolute atomic E-state index is 12.4. The van der Waals surface area contributed by atoms with Gasteiger partial charge in [-0.15, -0.1) is 0 Å². The van der Waals surface area contributed by atoms with Crippen LogP contribution in [0.1, 0.15) is 30.3 Å². The molecule has 0 saturated carbocycles. The third-order valence-corrected chi connectivity index (χ3v) is 4.17. The minimum atomic E-state index is -0.110. The largest absolute Gasteiger partial charge is 0.492 e. The summed E-state index contributed by atoms with van der Waals surface area (Å²) in [5, 5.41) is 7.41. The fraction of sp³-hybridized carbons (Fsp3) is 0.412. The van der Waals surface area contributed by atoms with Gasteiger partial charge in [-0.05, 0) is 38.0 Å². The molecule has 1 aliphatic rings. The molecule has 1 aromatic carbocycles. The highest BCUT2D eigenvalue weighted by Gasteiger charge is 2.32. The average Bonchev–Trinajstić information content (AvgIpc) is 3.20. The normalized spacial score (nSPS) is 17.1. The molecule has 1 atom stereocenters. The molecule has 2 heterocycles. The zero-order chi connectivity index (χ0) is 16.9. The van der Waals surface area contributed by atoms with E-state index in [2.05, 4.69) is 10.5 Å². The standard InChI is InChI=1S/C17H20ClN3O3/c1-12-10-16(24-20-12)15-6-3-8-21(15)17(22)19-7-9-23-14-5-2-4-13(18)11-14/h2,4-5,10-11,15H,3,6-9H2,1H3,(H,19,22). The molecule has 128 valence electrons. The number of hydrogen-bond donors (Lipinski definition) is 1. The van der Waals surface area contributed by atoms with E-state index in [1.165, 1.54) is 0 Å². The summed E-state index contributed by atoms with van der Waals surface area (Å²) in [5.74, 6) is 1.43. The number of aromatic nitrogens is 1. The summed E-state index contributed by atoms with van der Waals surface area (Å²) in [6.07, 6.45) is 1.85. The lowest BCUT2D eigenvalue weighted by atomic mass is 10.1. The number of urea groups is 1. The number of halogens is 1. The van der Waals surface area contributed by atoms with Gasteiger partial charge >= 0.3 is 6.03 Å². The molecule has 2 amide bonds. The maximum Gasteiger partial charge on any atom is 0.318 e. The van der Waals surface area contributed by atoms with Gasteiger partial charge in [0.05, 0.1) is 18.3 Å². The molecule has 1 N–H and O–H groups in total. The average molecular weight is 350 g/mol. The Morgan fingerprint density at radius 1 is 1.50 bits per heavy atom. The Kier molecular flexibility index (Phi) is 5.25. The predicted octanol–water partition coefficient (Wildman–Crippen LogP) is 3.56. The first-order valence-corrected chi connectivity index (χ1v) is 8.37. The summed E-state index contributed by atoms with van der Waals surface area (Å²) >= 11 is 5.90. The number of rotatable bonds is 5. The number of ether oxygens (including phenoxy) is 1. The Morgan fingerprint density at radius 2 is 2.38 bits per heavy atom. The molecule has 0 radical (unpaired) electrons. The molecule has 6 nitrogen and oxygen atoms in total. The summed E-state index contributed by atoms with van der Waals surface area (Å²) in [5.41, 5.74) is 0.826. The van der Waals surface area contributed by atoms with Crippen LogP contribution >= 0.6 is 11.6 Å². The fourth-order valence-electron chi connectivity index (χ4n) is 2.83. The number of hydrogen-bond acceptors (Lipinski definition) is 4. The summed E-state index contributed by atoms with van der Waals surface area (Å²) in [6, 6.07) is 8.92. The number of amides is 2. The molecule has 0 spiro atoms. The van der Waals surface area contributed by atoms with Crippen LogP contribution in [0.2, 0.25) is 5.02 Å². The number of aryl methyl sites for hydroxylation is 1. The topological polar surface area (TPSA) is 67.6 Å². The minimum Gasteiger partial charge on any atom is -0.492 e. The van der Waals surface area contributed by atoms with Gasteiger partial charge in [-0.3, -0.25) is 0 Å². The molecule has 1 aromatic heterocycles. The quantitative estimate of drug-likeness (QED) is 0.838. The summed E-state index contributed by atoms with van der Waals surface area (Å²) in [6.45, 7) is 3.39. The third-order valence-electron chi connectivity index (χ3n) is 3.93. The van der Waals surface area contributed by atoms with Crippen molar-refractivity contribution in [1.29, 1.82) is 0 Å². The van der Waals surface area contributed by atoms with Crippen LogP contribution in [-0.2, 0) is 0 Å². The molecule has 24 heavy (non-hydrogen) atoms. The molecule has 0 aliphatic carbocycles. The molecule has 1 aliphatic heterocycles. The maximum atomic E-state index is 12.4. The summed E-state index contributed by atoms with van der Waals surface area (Å²) < 4.78 is 10.9. The highest BCUT2D eigenvalue weighted by molar-refractivity contribution is 6.30. The van der Waals surface area contributed by atoms with Gasteiger partial charge in [-0.1, -0.05) is 22.8 Å². The number of likely N-dealkylation sites (tertiary alicyclic amines) is 1. The van der Waals surface area contributed by atoms with E-state index >= 15 is 0 Å². The van der Waals surface area contributed by atoms with E-state index in [4.69, 9.17) is 20.9 Å². The van der Waals surface area contributed by atoms with Crippen LogP contribution in [0.4, 0.5) is 4.79 Å².